The summed E-state index contributed by atoms with van der Waals surface area (Å²) < 4.78 is 27.9. The Kier molecular flexibility index (Phi) is 7.33. The van der Waals surface area contributed by atoms with E-state index in [0.29, 0.717) is 11.0 Å². The average Bonchev–Trinajstić information content (AvgIpc) is 3.11. The van der Waals surface area contributed by atoms with Gasteiger partial charge < -0.3 is 10.6 Å². The summed E-state index contributed by atoms with van der Waals surface area (Å²) >= 11 is 0. The molecule has 2 aromatic carbocycles. The fraction of sp³-hybridized carbons (Fsp3) is 0.348. The minimum Gasteiger partial charge on any atom is -0.354 e. The molecule has 164 valence electrons. The summed E-state index contributed by atoms with van der Waals surface area (Å²) in [5.41, 5.74) is 1.69. The second kappa shape index (κ2) is 10.1. The van der Waals surface area contributed by atoms with Crippen LogP contribution in [-0.4, -0.2) is 34.0 Å². The van der Waals surface area contributed by atoms with Gasteiger partial charge in [0, 0.05) is 13.0 Å². The molecule has 3 aromatic rings. The maximum absolute atomic E-state index is 13.5. The second-order valence-electron chi connectivity index (χ2n) is 7.66. The summed E-state index contributed by atoms with van der Waals surface area (Å²) in [7, 11) is 0. The number of amides is 2. The topological polar surface area (TPSA) is 76.0 Å². The monoisotopic (exact) mass is 428 g/mol. The summed E-state index contributed by atoms with van der Waals surface area (Å²) in [6, 6.07) is 15.2. The van der Waals surface area contributed by atoms with E-state index < -0.39 is 12.6 Å². The van der Waals surface area contributed by atoms with E-state index in [1.54, 1.807) is 24.3 Å². The number of carbonyl (C=O) groups is 2. The van der Waals surface area contributed by atoms with E-state index in [1.165, 1.54) is 0 Å². The third-order valence-corrected chi connectivity index (χ3v) is 4.99. The predicted molar refractivity (Wildman–Crippen MR) is 115 cm³/mol. The smallest absolute Gasteiger partial charge is 0.320 e. The molecule has 6 nitrogen and oxygen atoms in total. The first-order valence-corrected chi connectivity index (χ1v) is 10.2. The van der Waals surface area contributed by atoms with E-state index in [4.69, 9.17) is 0 Å². The van der Waals surface area contributed by atoms with Crippen LogP contribution in [0.5, 0.6) is 0 Å². The molecule has 2 N–H and O–H groups in total. The van der Waals surface area contributed by atoms with E-state index in [1.807, 2.05) is 44.2 Å². The van der Waals surface area contributed by atoms with E-state index in [9.17, 15) is 18.4 Å². The van der Waals surface area contributed by atoms with E-state index in [2.05, 4.69) is 15.6 Å². The summed E-state index contributed by atoms with van der Waals surface area (Å²) in [4.78, 5) is 29.3. The number of imidazole rings is 1. The minimum atomic E-state index is -2.72. The molecule has 0 aliphatic carbocycles. The zero-order valence-electron chi connectivity index (χ0n) is 17.5. The number of benzene rings is 2. The van der Waals surface area contributed by atoms with E-state index in [0.717, 1.165) is 10.1 Å². The van der Waals surface area contributed by atoms with Crippen molar-refractivity contribution in [1.82, 2.24) is 20.2 Å². The number of carbonyl (C=O) groups excluding carboxylic acids is 2. The lowest BCUT2D eigenvalue weighted by molar-refractivity contribution is -0.129. The van der Waals surface area contributed by atoms with Crippen LogP contribution in [0.15, 0.2) is 54.6 Å². The first kappa shape index (κ1) is 22.4. The van der Waals surface area contributed by atoms with Gasteiger partial charge in [0.15, 0.2) is 0 Å². The highest BCUT2D eigenvalue weighted by Crippen LogP contribution is 2.23. The van der Waals surface area contributed by atoms with Crippen molar-refractivity contribution < 1.29 is 18.4 Å². The number of fused-ring (bicyclic) bond motifs is 1. The van der Waals surface area contributed by atoms with Crippen LogP contribution in [-0.2, 0) is 22.4 Å². The number of nitrogens with zero attached hydrogens (tertiary/aromatic N) is 2. The van der Waals surface area contributed by atoms with Gasteiger partial charge >= 0.3 is 6.55 Å². The van der Waals surface area contributed by atoms with Gasteiger partial charge in [-0.25, -0.2) is 4.98 Å². The molecule has 8 heteroatoms. The van der Waals surface area contributed by atoms with Gasteiger partial charge in [0.2, 0.25) is 11.8 Å². The maximum Gasteiger partial charge on any atom is 0.320 e. The molecule has 0 radical (unpaired) electrons. The van der Waals surface area contributed by atoms with Crippen LogP contribution in [0.4, 0.5) is 8.78 Å². The number of halogens is 2. The largest absolute Gasteiger partial charge is 0.354 e. The first-order valence-electron chi connectivity index (χ1n) is 10.2. The Bertz CT molecular complexity index is 1030. The zero-order chi connectivity index (χ0) is 22.4. The fourth-order valence-electron chi connectivity index (χ4n) is 3.44. The molecule has 1 heterocycles. The van der Waals surface area contributed by atoms with Gasteiger partial charge in [0.1, 0.15) is 11.9 Å². The van der Waals surface area contributed by atoms with Crippen molar-refractivity contribution in [3.63, 3.8) is 0 Å². The molecule has 0 fully saturated rings. The third-order valence-electron chi connectivity index (χ3n) is 4.99. The van der Waals surface area contributed by atoms with Gasteiger partial charge in [-0.15, -0.1) is 0 Å². The molecule has 1 atom stereocenters. The van der Waals surface area contributed by atoms with Gasteiger partial charge in [0.05, 0.1) is 17.5 Å². The normalized spacial score (nSPS) is 12.3. The van der Waals surface area contributed by atoms with Gasteiger partial charge in [-0.3, -0.25) is 14.2 Å². The number of hydrogen-bond acceptors (Lipinski definition) is 3. The molecular formula is C23H26F2N4O2. The van der Waals surface area contributed by atoms with Crippen molar-refractivity contribution in [3.8, 4) is 0 Å². The molecule has 1 aromatic heterocycles. The van der Waals surface area contributed by atoms with Crippen molar-refractivity contribution in [2.75, 3.05) is 6.54 Å². The Balaban J connectivity index is 1.60. The molecule has 0 aliphatic rings. The van der Waals surface area contributed by atoms with Crippen molar-refractivity contribution in [1.29, 1.82) is 0 Å². The lowest BCUT2D eigenvalue weighted by Crippen LogP contribution is -2.50. The summed E-state index contributed by atoms with van der Waals surface area (Å²) in [6.45, 7) is 1.08. The number of alkyl halides is 2. The molecule has 0 aliphatic heterocycles. The molecule has 0 saturated carbocycles. The van der Waals surface area contributed by atoms with E-state index in [-0.39, 0.29) is 42.9 Å². The summed E-state index contributed by atoms with van der Waals surface area (Å²) in [5.74, 6) is -0.535. The lowest BCUT2D eigenvalue weighted by atomic mass is 10.0. The van der Waals surface area contributed by atoms with Gasteiger partial charge in [-0.2, -0.15) is 8.78 Å². The van der Waals surface area contributed by atoms with Crippen molar-refractivity contribution in [3.05, 3.63) is 66.0 Å². The predicted octanol–water partition coefficient (Wildman–Crippen LogP) is 3.47. The van der Waals surface area contributed by atoms with E-state index >= 15 is 0 Å². The highest BCUT2D eigenvalue weighted by molar-refractivity contribution is 5.88. The van der Waals surface area contributed by atoms with Crippen molar-refractivity contribution in [2.24, 2.45) is 5.92 Å². The minimum absolute atomic E-state index is 0.132. The Morgan fingerprint density at radius 2 is 1.71 bits per heavy atom. The van der Waals surface area contributed by atoms with Gasteiger partial charge in [-0.05, 0) is 23.6 Å². The summed E-state index contributed by atoms with van der Waals surface area (Å²) in [5, 5.41) is 5.51. The molecule has 0 spiro atoms. The molecule has 3 rings (SSSR count). The number of aromatic nitrogens is 2. The second-order valence-corrected chi connectivity index (χ2v) is 7.66. The molecular weight excluding hydrogens is 402 g/mol. The maximum atomic E-state index is 13.5. The highest BCUT2D eigenvalue weighted by Gasteiger charge is 2.24. The quantitative estimate of drug-likeness (QED) is 0.548. The number of nitrogens with one attached hydrogen (secondary N) is 2. The van der Waals surface area contributed by atoms with Crippen molar-refractivity contribution >= 4 is 22.8 Å². The van der Waals surface area contributed by atoms with Crippen LogP contribution >= 0.6 is 0 Å². The van der Waals surface area contributed by atoms with Crippen LogP contribution < -0.4 is 10.6 Å². The van der Waals surface area contributed by atoms with Crippen LogP contribution in [0.3, 0.4) is 0 Å². The van der Waals surface area contributed by atoms with Crippen LogP contribution in [0.2, 0.25) is 0 Å². The van der Waals surface area contributed by atoms with Crippen molar-refractivity contribution in [2.45, 2.75) is 39.3 Å². The molecule has 0 saturated heterocycles. The third kappa shape index (κ3) is 5.65. The van der Waals surface area contributed by atoms with Crippen LogP contribution in [0.1, 0.15) is 31.8 Å². The Morgan fingerprint density at radius 3 is 2.39 bits per heavy atom. The Labute approximate surface area is 179 Å². The standard InChI is InChI=1S/C23H26F2N4O2/c1-15(2)21(28-20(30)14-16-8-4-3-5-9-16)22(31)26-13-12-19-27-17-10-6-7-11-18(17)29(19)23(24)25/h3-11,15,21,23H,12-14H2,1-2H3,(H,26,31)(H,28,30)/t21-/m0/s1. The number of para-hydroxylation sites is 2. The molecule has 2 amide bonds. The van der Waals surface area contributed by atoms with Crippen LogP contribution in [0, 0.1) is 5.92 Å². The highest BCUT2D eigenvalue weighted by atomic mass is 19.3. The van der Waals surface area contributed by atoms with Crippen LogP contribution in [0.25, 0.3) is 11.0 Å². The molecule has 31 heavy (non-hydrogen) atoms. The fourth-order valence-corrected chi connectivity index (χ4v) is 3.44. The van der Waals surface area contributed by atoms with Gasteiger partial charge in [0.25, 0.3) is 0 Å². The number of hydrogen-bond donors (Lipinski definition) is 2. The molecule has 0 unspecified atom stereocenters. The Hall–Kier alpha value is -3.29. The Morgan fingerprint density at radius 1 is 1.03 bits per heavy atom. The SMILES string of the molecule is CC(C)[C@H](NC(=O)Cc1ccccc1)C(=O)NCCc1nc2ccccc2n1C(F)F. The molecule has 0 bridgehead atoms. The van der Waals surface area contributed by atoms with Gasteiger partial charge in [-0.1, -0.05) is 56.3 Å². The number of rotatable bonds is 9. The zero-order valence-corrected chi connectivity index (χ0v) is 17.5. The first-order chi connectivity index (χ1) is 14.9. The summed E-state index contributed by atoms with van der Waals surface area (Å²) in [6.07, 6.45) is 0.323. The lowest BCUT2D eigenvalue weighted by Gasteiger charge is -2.22. The average molecular weight is 428 g/mol.